The third-order valence-electron chi connectivity index (χ3n) is 4.97. The van der Waals surface area contributed by atoms with Gasteiger partial charge in [0.25, 0.3) is 0 Å². The zero-order valence-electron chi connectivity index (χ0n) is 16.0. The molecule has 2 aromatic carbocycles. The predicted molar refractivity (Wildman–Crippen MR) is 115 cm³/mol. The van der Waals surface area contributed by atoms with Gasteiger partial charge in [-0.05, 0) is 25.0 Å². The van der Waals surface area contributed by atoms with Crippen molar-refractivity contribution < 1.29 is 9.53 Å². The van der Waals surface area contributed by atoms with Gasteiger partial charge in [-0.2, -0.15) is 5.10 Å². The Morgan fingerprint density at radius 3 is 2.45 bits per heavy atom. The summed E-state index contributed by atoms with van der Waals surface area (Å²) in [5.41, 5.74) is 9.44. The Kier molecular flexibility index (Phi) is 7.04. The van der Waals surface area contributed by atoms with Crippen molar-refractivity contribution >= 4 is 18.3 Å². The zero-order valence-corrected chi connectivity index (χ0v) is 16.8. The van der Waals surface area contributed by atoms with Crippen molar-refractivity contribution in [1.82, 2.24) is 15.1 Å². The van der Waals surface area contributed by atoms with Gasteiger partial charge in [0, 0.05) is 30.4 Å². The summed E-state index contributed by atoms with van der Waals surface area (Å²) >= 11 is 0. The number of nitrogens with zero attached hydrogens (tertiary/aromatic N) is 2. The molecule has 0 saturated carbocycles. The highest BCUT2D eigenvalue weighted by atomic mass is 35.5. The molecule has 0 aliphatic carbocycles. The quantitative estimate of drug-likeness (QED) is 0.651. The van der Waals surface area contributed by atoms with Gasteiger partial charge in [-0.25, -0.2) is 4.68 Å². The van der Waals surface area contributed by atoms with Crippen LogP contribution in [-0.4, -0.2) is 34.4 Å². The predicted octanol–water partition coefficient (Wildman–Crippen LogP) is 3.08. The third-order valence-corrected chi connectivity index (χ3v) is 4.97. The number of rotatable bonds is 6. The van der Waals surface area contributed by atoms with Gasteiger partial charge in [0.2, 0.25) is 5.91 Å². The molecule has 152 valence electrons. The van der Waals surface area contributed by atoms with Crippen LogP contribution in [0.25, 0.3) is 16.9 Å². The third kappa shape index (κ3) is 4.85. The smallest absolute Gasteiger partial charge is 0.249 e. The number of ether oxygens (including phenoxy) is 1. The summed E-state index contributed by atoms with van der Waals surface area (Å²) in [5, 5.41) is 7.77. The molecule has 1 aliphatic heterocycles. The number of carbonyl (C=O) groups excluding carboxylic acids is 1. The van der Waals surface area contributed by atoms with Crippen molar-refractivity contribution in [3.8, 4) is 16.9 Å². The van der Waals surface area contributed by atoms with Crippen LogP contribution in [0.4, 0.5) is 0 Å². The van der Waals surface area contributed by atoms with Crippen molar-refractivity contribution in [3.05, 3.63) is 72.4 Å². The van der Waals surface area contributed by atoms with E-state index in [2.05, 4.69) is 5.32 Å². The largest absolute Gasteiger partial charge is 0.364 e. The number of halogens is 1. The molecule has 0 spiro atoms. The first kappa shape index (κ1) is 21.0. The molecule has 1 amide bonds. The van der Waals surface area contributed by atoms with Gasteiger partial charge in [-0.1, -0.05) is 48.5 Å². The molecule has 3 aromatic rings. The van der Waals surface area contributed by atoms with Crippen LogP contribution in [0.1, 0.15) is 18.4 Å². The van der Waals surface area contributed by atoms with Gasteiger partial charge in [-0.3, -0.25) is 4.79 Å². The molecule has 6 nitrogen and oxygen atoms in total. The van der Waals surface area contributed by atoms with Crippen LogP contribution in [0.2, 0.25) is 0 Å². The number of hydrogen-bond acceptors (Lipinski definition) is 4. The Morgan fingerprint density at radius 2 is 1.79 bits per heavy atom. The first-order chi connectivity index (χ1) is 13.7. The second-order valence-electron chi connectivity index (χ2n) is 6.93. The topological polar surface area (TPSA) is 82.2 Å². The molecule has 1 saturated heterocycles. The van der Waals surface area contributed by atoms with Crippen LogP contribution in [-0.2, 0) is 16.1 Å². The van der Waals surface area contributed by atoms with E-state index in [-0.39, 0.29) is 24.4 Å². The van der Waals surface area contributed by atoms with E-state index in [1.807, 2.05) is 71.5 Å². The van der Waals surface area contributed by atoms with Crippen LogP contribution >= 0.6 is 12.4 Å². The van der Waals surface area contributed by atoms with Crippen molar-refractivity contribution in [1.29, 1.82) is 0 Å². The Hall–Kier alpha value is -2.67. The average Bonchev–Trinajstić information content (AvgIpc) is 3.41. The second-order valence-corrected chi connectivity index (χ2v) is 6.93. The highest BCUT2D eigenvalue weighted by Crippen LogP contribution is 2.24. The van der Waals surface area contributed by atoms with E-state index in [9.17, 15) is 4.79 Å². The van der Waals surface area contributed by atoms with E-state index >= 15 is 0 Å². The van der Waals surface area contributed by atoms with Crippen LogP contribution in [0.5, 0.6) is 0 Å². The lowest BCUT2D eigenvalue weighted by atomic mass is 10.1. The first-order valence-corrected chi connectivity index (χ1v) is 9.57. The van der Waals surface area contributed by atoms with Gasteiger partial charge >= 0.3 is 0 Å². The molecule has 0 bridgehead atoms. The number of amides is 1. The average molecular weight is 413 g/mol. The minimum absolute atomic E-state index is 0. The van der Waals surface area contributed by atoms with E-state index in [1.165, 1.54) is 0 Å². The Bertz CT molecular complexity index is 931. The maximum absolute atomic E-state index is 12.5. The standard InChI is InChI=1S/C22H24N4O2.ClH/c23-13-19-11-12-20(28-19)22(27)24-14-17-15-26(18-9-5-2-6-10-18)25-21(17)16-7-3-1-4-8-16;/h1-10,15,19-20H,11-14,23H2,(H,24,27);1H/t19-,20+;/m1./s1. The fourth-order valence-corrected chi connectivity index (χ4v) is 3.46. The van der Waals surface area contributed by atoms with Gasteiger partial charge in [-0.15, -0.1) is 12.4 Å². The maximum atomic E-state index is 12.5. The number of nitrogens with one attached hydrogen (secondary N) is 1. The van der Waals surface area contributed by atoms with Gasteiger partial charge in [0.15, 0.2) is 0 Å². The number of nitrogens with two attached hydrogens (primary N) is 1. The molecule has 0 radical (unpaired) electrons. The van der Waals surface area contributed by atoms with E-state index in [4.69, 9.17) is 15.6 Å². The summed E-state index contributed by atoms with van der Waals surface area (Å²) in [6, 6.07) is 19.9. The maximum Gasteiger partial charge on any atom is 0.249 e. The molecule has 2 heterocycles. The fourth-order valence-electron chi connectivity index (χ4n) is 3.46. The van der Waals surface area contributed by atoms with Crippen LogP contribution in [0.15, 0.2) is 66.9 Å². The molecule has 3 N–H and O–H groups in total. The van der Waals surface area contributed by atoms with Crippen LogP contribution in [0, 0.1) is 0 Å². The highest BCUT2D eigenvalue weighted by molar-refractivity contribution is 5.85. The number of aromatic nitrogens is 2. The molecular weight excluding hydrogens is 388 g/mol. The summed E-state index contributed by atoms with van der Waals surface area (Å²) in [6.45, 7) is 0.842. The summed E-state index contributed by atoms with van der Waals surface area (Å²) < 4.78 is 7.54. The molecule has 1 fully saturated rings. The summed E-state index contributed by atoms with van der Waals surface area (Å²) in [4.78, 5) is 12.5. The highest BCUT2D eigenvalue weighted by Gasteiger charge is 2.29. The number of hydrogen-bond donors (Lipinski definition) is 2. The van der Waals surface area contributed by atoms with Gasteiger partial charge < -0.3 is 15.8 Å². The molecule has 1 aromatic heterocycles. The Balaban J connectivity index is 0.00000240. The lowest BCUT2D eigenvalue weighted by Gasteiger charge is -2.12. The minimum Gasteiger partial charge on any atom is -0.364 e. The van der Waals surface area contributed by atoms with Crippen LogP contribution in [0.3, 0.4) is 0 Å². The SMILES string of the molecule is Cl.NC[C@H]1CC[C@@H](C(=O)NCc2cn(-c3ccccc3)nc2-c2ccccc2)O1. The Morgan fingerprint density at radius 1 is 1.10 bits per heavy atom. The van der Waals surface area contributed by atoms with E-state index in [0.29, 0.717) is 19.5 Å². The molecule has 4 rings (SSSR count). The van der Waals surface area contributed by atoms with Crippen LogP contribution < -0.4 is 11.1 Å². The monoisotopic (exact) mass is 412 g/mol. The summed E-state index contributed by atoms with van der Waals surface area (Å²) in [7, 11) is 0. The molecule has 7 heteroatoms. The molecule has 2 atom stereocenters. The second kappa shape index (κ2) is 9.69. The van der Waals surface area contributed by atoms with Crippen molar-refractivity contribution in [2.45, 2.75) is 31.6 Å². The molecule has 29 heavy (non-hydrogen) atoms. The number of benzene rings is 2. The normalized spacial score (nSPS) is 18.2. The Labute approximate surface area is 176 Å². The number of carbonyl (C=O) groups is 1. The summed E-state index contributed by atoms with van der Waals surface area (Å²) in [5.74, 6) is -0.0950. The fraction of sp³-hybridized carbons (Fsp3) is 0.273. The molecular formula is C22H25ClN4O2. The number of para-hydroxylation sites is 1. The minimum atomic E-state index is -0.419. The van der Waals surface area contributed by atoms with E-state index in [0.717, 1.165) is 28.9 Å². The zero-order chi connectivity index (χ0) is 19.3. The van der Waals surface area contributed by atoms with Gasteiger partial charge in [0.1, 0.15) is 6.10 Å². The van der Waals surface area contributed by atoms with E-state index in [1.54, 1.807) is 0 Å². The van der Waals surface area contributed by atoms with Crippen molar-refractivity contribution in [2.24, 2.45) is 5.73 Å². The molecule has 1 aliphatic rings. The molecule has 0 unspecified atom stereocenters. The summed E-state index contributed by atoms with van der Waals surface area (Å²) in [6.07, 6.45) is 3.07. The first-order valence-electron chi connectivity index (χ1n) is 9.57. The lowest BCUT2D eigenvalue weighted by molar-refractivity contribution is -0.132. The van der Waals surface area contributed by atoms with Crippen molar-refractivity contribution in [2.75, 3.05) is 6.54 Å². The van der Waals surface area contributed by atoms with E-state index < -0.39 is 6.10 Å². The van der Waals surface area contributed by atoms with Gasteiger partial charge in [0.05, 0.1) is 17.5 Å². The lowest BCUT2D eigenvalue weighted by Crippen LogP contribution is -2.35. The van der Waals surface area contributed by atoms with Crippen molar-refractivity contribution in [3.63, 3.8) is 0 Å².